The average Bonchev–Trinajstić information content (AvgIpc) is 2.99. The molecule has 4 N–H and O–H groups in total. The minimum absolute atomic E-state index is 0.315. The zero-order valence-corrected chi connectivity index (χ0v) is 23.5. The molecule has 2 amide bonds. The first kappa shape index (κ1) is 27.7. The number of nitrogen functional groups attached to an aromatic ring is 1. The van der Waals surface area contributed by atoms with Gasteiger partial charge in [-0.2, -0.15) is 0 Å². The largest absolute Gasteiger partial charge is 0.494 e. The van der Waals surface area contributed by atoms with Crippen LogP contribution in [0.15, 0.2) is 85.2 Å². The molecule has 0 unspecified atom stereocenters. The van der Waals surface area contributed by atoms with E-state index in [1.807, 2.05) is 54.6 Å². The van der Waals surface area contributed by atoms with E-state index in [4.69, 9.17) is 10.5 Å². The molecule has 212 valence electrons. The Labute approximate surface area is 240 Å². The number of rotatable bonds is 9. The van der Waals surface area contributed by atoms with E-state index in [1.54, 1.807) is 25.3 Å². The quantitative estimate of drug-likeness (QED) is 0.257. The summed E-state index contributed by atoms with van der Waals surface area (Å²) in [6, 6.07) is 24.7. The van der Waals surface area contributed by atoms with Gasteiger partial charge in [0.05, 0.1) is 18.5 Å². The molecular formula is C31H36N8O2. The Kier molecular flexibility index (Phi) is 8.80. The number of likely N-dealkylation sites (N-methyl/N-ethyl adjacent to an activating group) is 1. The zero-order valence-electron chi connectivity index (χ0n) is 23.5. The van der Waals surface area contributed by atoms with E-state index in [0.29, 0.717) is 41.7 Å². The molecule has 1 aliphatic heterocycles. The van der Waals surface area contributed by atoms with Crippen LogP contribution in [0, 0.1) is 0 Å². The third kappa shape index (κ3) is 7.03. The Morgan fingerprint density at radius 1 is 0.976 bits per heavy atom. The second-order valence-corrected chi connectivity index (χ2v) is 9.96. The Balaban J connectivity index is 1.36. The standard InChI is InChI=1S/C31H36N8O2/c1-37-15-17-38(18-16-37)25-11-12-27(28(20-25)41-2)36-29-21-30(35-22-34-29)39(26-10-6-9-24(32)19-26)31(40)33-14-13-23-7-4-3-5-8-23/h3-12,19-22H,13-18,32H2,1-2H3,(H,33,40)(H,34,35,36). The molecule has 0 aliphatic carbocycles. The van der Waals surface area contributed by atoms with Gasteiger partial charge in [-0.25, -0.2) is 19.7 Å². The van der Waals surface area contributed by atoms with Crippen LogP contribution >= 0.6 is 0 Å². The van der Waals surface area contributed by atoms with Gasteiger partial charge < -0.3 is 30.9 Å². The number of nitrogens with zero attached hydrogens (tertiary/aromatic N) is 5. The van der Waals surface area contributed by atoms with Crippen molar-refractivity contribution in [2.24, 2.45) is 0 Å². The van der Waals surface area contributed by atoms with Crippen molar-refractivity contribution in [3.8, 4) is 5.75 Å². The minimum atomic E-state index is -0.315. The number of amides is 2. The fourth-order valence-electron chi connectivity index (χ4n) is 4.78. The van der Waals surface area contributed by atoms with Crippen LogP contribution in [0.3, 0.4) is 0 Å². The van der Waals surface area contributed by atoms with E-state index in [9.17, 15) is 4.79 Å². The Hall–Kier alpha value is -4.83. The normalized spacial score (nSPS) is 13.5. The molecule has 4 aromatic rings. The van der Waals surface area contributed by atoms with Crippen molar-refractivity contribution >= 4 is 40.4 Å². The maximum Gasteiger partial charge on any atom is 0.327 e. The van der Waals surface area contributed by atoms with Crippen LogP contribution in [-0.4, -0.2) is 67.8 Å². The molecule has 1 aromatic heterocycles. The number of hydrogen-bond donors (Lipinski definition) is 3. The van der Waals surface area contributed by atoms with E-state index in [-0.39, 0.29) is 6.03 Å². The maximum atomic E-state index is 13.5. The molecule has 0 bridgehead atoms. The lowest BCUT2D eigenvalue weighted by atomic mass is 10.1. The van der Waals surface area contributed by atoms with Crippen molar-refractivity contribution < 1.29 is 9.53 Å². The summed E-state index contributed by atoms with van der Waals surface area (Å²) in [5.41, 5.74) is 10.2. The van der Waals surface area contributed by atoms with Gasteiger partial charge in [-0.05, 0) is 49.4 Å². The Morgan fingerprint density at radius 2 is 1.78 bits per heavy atom. The molecule has 2 heterocycles. The number of nitrogens with two attached hydrogens (primary N) is 1. The number of methoxy groups -OCH3 is 1. The molecule has 0 radical (unpaired) electrons. The van der Waals surface area contributed by atoms with E-state index in [0.717, 1.165) is 43.1 Å². The molecule has 1 fully saturated rings. The summed E-state index contributed by atoms with van der Waals surface area (Å²) in [6.07, 6.45) is 2.14. The van der Waals surface area contributed by atoms with Gasteiger partial charge in [-0.1, -0.05) is 36.4 Å². The molecular weight excluding hydrogens is 516 g/mol. The molecule has 5 rings (SSSR count). The fourth-order valence-corrected chi connectivity index (χ4v) is 4.78. The third-order valence-corrected chi connectivity index (χ3v) is 7.06. The number of hydrogen-bond acceptors (Lipinski definition) is 8. The molecule has 1 saturated heterocycles. The van der Waals surface area contributed by atoms with E-state index < -0.39 is 0 Å². The third-order valence-electron chi connectivity index (χ3n) is 7.06. The lowest BCUT2D eigenvalue weighted by Crippen LogP contribution is -2.44. The van der Waals surface area contributed by atoms with Gasteiger partial charge in [-0.15, -0.1) is 0 Å². The van der Waals surface area contributed by atoms with Crippen LogP contribution in [0.25, 0.3) is 0 Å². The molecule has 41 heavy (non-hydrogen) atoms. The number of urea groups is 1. The smallest absolute Gasteiger partial charge is 0.327 e. The topological polar surface area (TPSA) is 112 Å². The molecule has 10 heteroatoms. The molecule has 1 aliphatic rings. The first-order valence-corrected chi connectivity index (χ1v) is 13.7. The predicted octanol–water partition coefficient (Wildman–Crippen LogP) is 4.65. The number of aromatic nitrogens is 2. The fraction of sp³-hybridized carbons (Fsp3) is 0.258. The number of ether oxygens (including phenoxy) is 1. The molecule has 10 nitrogen and oxygen atoms in total. The van der Waals surface area contributed by atoms with Gasteiger partial charge in [-0.3, -0.25) is 0 Å². The molecule has 0 spiro atoms. The summed E-state index contributed by atoms with van der Waals surface area (Å²) < 4.78 is 5.72. The van der Waals surface area contributed by atoms with Gasteiger partial charge in [0.15, 0.2) is 0 Å². The van der Waals surface area contributed by atoms with Gasteiger partial charge in [0.1, 0.15) is 23.7 Å². The van der Waals surface area contributed by atoms with Crippen molar-refractivity contribution in [3.63, 3.8) is 0 Å². The minimum Gasteiger partial charge on any atom is -0.494 e. The Morgan fingerprint density at radius 3 is 2.54 bits per heavy atom. The number of carbonyl (C=O) groups is 1. The lowest BCUT2D eigenvalue weighted by molar-refractivity contribution is 0.248. The highest BCUT2D eigenvalue weighted by molar-refractivity contribution is 5.99. The summed E-state index contributed by atoms with van der Waals surface area (Å²) in [5.74, 6) is 1.62. The van der Waals surface area contributed by atoms with E-state index in [2.05, 4.69) is 43.5 Å². The van der Waals surface area contributed by atoms with Crippen molar-refractivity contribution in [2.45, 2.75) is 6.42 Å². The van der Waals surface area contributed by atoms with Crippen molar-refractivity contribution in [1.29, 1.82) is 0 Å². The first-order valence-electron chi connectivity index (χ1n) is 13.7. The van der Waals surface area contributed by atoms with Crippen LogP contribution in [0.4, 0.5) is 39.2 Å². The number of anilines is 6. The first-order chi connectivity index (χ1) is 20.0. The van der Waals surface area contributed by atoms with Gasteiger partial charge in [0, 0.05) is 56.2 Å². The summed E-state index contributed by atoms with van der Waals surface area (Å²) >= 11 is 0. The van der Waals surface area contributed by atoms with Crippen molar-refractivity contribution in [3.05, 3.63) is 90.8 Å². The lowest BCUT2D eigenvalue weighted by Gasteiger charge is -2.34. The Bertz CT molecular complexity index is 1460. The van der Waals surface area contributed by atoms with Crippen molar-refractivity contribution in [1.82, 2.24) is 20.2 Å². The molecule has 3 aromatic carbocycles. The van der Waals surface area contributed by atoms with E-state index >= 15 is 0 Å². The second kappa shape index (κ2) is 13.0. The number of carbonyl (C=O) groups excluding carboxylic acids is 1. The SMILES string of the molecule is COc1cc(N2CCN(C)CC2)ccc1Nc1cc(N(C(=O)NCCc2ccccc2)c2cccc(N)c2)ncn1. The van der Waals surface area contributed by atoms with Gasteiger partial charge in [0.25, 0.3) is 0 Å². The summed E-state index contributed by atoms with van der Waals surface area (Å²) in [5, 5.41) is 6.35. The highest BCUT2D eigenvalue weighted by Gasteiger charge is 2.21. The van der Waals surface area contributed by atoms with Gasteiger partial charge >= 0.3 is 6.03 Å². The van der Waals surface area contributed by atoms with Crippen LogP contribution in [0.2, 0.25) is 0 Å². The molecule has 0 saturated carbocycles. The van der Waals surface area contributed by atoms with Crippen LogP contribution in [0.1, 0.15) is 5.56 Å². The average molecular weight is 553 g/mol. The molecule has 0 atom stereocenters. The summed E-state index contributed by atoms with van der Waals surface area (Å²) in [6.45, 7) is 4.45. The van der Waals surface area contributed by atoms with Crippen LogP contribution in [0.5, 0.6) is 5.75 Å². The second-order valence-electron chi connectivity index (χ2n) is 9.96. The number of nitrogens with one attached hydrogen (secondary N) is 2. The summed E-state index contributed by atoms with van der Waals surface area (Å²) in [4.78, 5) is 28.5. The summed E-state index contributed by atoms with van der Waals surface area (Å²) in [7, 11) is 3.80. The van der Waals surface area contributed by atoms with E-state index in [1.165, 1.54) is 11.2 Å². The van der Waals surface area contributed by atoms with Crippen molar-refractivity contribution in [2.75, 3.05) is 67.7 Å². The predicted molar refractivity (Wildman–Crippen MR) is 165 cm³/mol. The number of benzene rings is 3. The highest BCUT2D eigenvalue weighted by Crippen LogP contribution is 2.33. The monoisotopic (exact) mass is 552 g/mol. The van der Waals surface area contributed by atoms with Crippen LogP contribution in [-0.2, 0) is 6.42 Å². The van der Waals surface area contributed by atoms with Crippen LogP contribution < -0.4 is 30.9 Å². The zero-order chi connectivity index (χ0) is 28.6. The maximum absolute atomic E-state index is 13.5. The van der Waals surface area contributed by atoms with Gasteiger partial charge in [0.2, 0.25) is 0 Å². The number of piperazine rings is 1. The highest BCUT2D eigenvalue weighted by atomic mass is 16.5.